The summed E-state index contributed by atoms with van der Waals surface area (Å²) in [6.45, 7) is 0.595. The molecule has 3 aromatic rings. The Morgan fingerprint density at radius 2 is 1.57 bits per heavy atom. The monoisotopic (exact) mass is 487 g/mol. The van der Waals surface area contributed by atoms with Gasteiger partial charge < -0.3 is 25.4 Å². The maximum atomic E-state index is 12.8. The van der Waals surface area contributed by atoms with E-state index in [1.54, 1.807) is 24.3 Å². The number of amides is 2. The van der Waals surface area contributed by atoms with E-state index in [9.17, 15) is 22.8 Å². The van der Waals surface area contributed by atoms with Crippen LogP contribution in [0.15, 0.2) is 72.8 Å². The van der Waals surface area contributed by atoms with E-state index in [1.165, 1.54) is 19.2 Å². The molecule has 0 radical (unpaired) electrons. The third-order valence-corrected chi connectivity index (χ3v) is 4.76. The van der Waals surface area contributed by atoms with Crippen LogP contribution in [0.2, 0.25) is 0 Å². The summed E-state index contributed by atoms with van der Waals surface area (Å²) >= 11 is 0. The Balaban J connectivity index is 1.72. The van der Waals surface area contributed by atoms with Gasteiger partial charge in [0.15, 0.2) is 5.75 Å². The van der Waals surface area contributed by atoms with E-state index in [2.05, 4.69) is 20.7 Å². The smallest absolute Gasteiger partial charge is 0.404 e. The van der Waals surface area contributed by atoms with Crippen molar-refractivity contribution < 1.29 is 32.2 Å². The molecule has 3 N–H and O–H groups in total. The predicted molar refractivity (Wildman–Crippen MR) is 126 cm³/mol. The lowest BCUT2D eigenvalue weighted by Gasteiger charge is -2.16. The average Bonchev–Trinajstić information content (AvgIpc) is 2.83. The van der Waals surface area contributed by atoms with Crippen molar-refractivity contribution in [1.82, 2.24) is 5.32 Å². The average molecular weight is 487 g/mol. The Morgan fingerprint density at radius 1 is 0.886 bits per heavy atom. The fourth-order valence-corrected chi connectivity index (χ4v) is 3.14. The van der Waals surface area contributed by atoms with Crippen LogP contribution in [0.25, 0.3) is 11.1 Å². The molecule has 0 aromatic heterocycles. The van der Waals surface area contributed by atoms with Gasteiger partial charge in [-0.3, -0.25) is 9.59 Å². The first-order valence-corrected chi connectivity index (χ1v) is 10.6. The van der Waals surface area contributed by atoms with Crippen molar-refractivity contribution in [3.63, 3.8) is 0 Å². The number of ether oxygens (including phenoxy) is 2. The molecular formula is C25H24F3N3O4. The molecule has 0 heterocycles. The Hall–Kier alpha value is -3.89. The van der Waals surface area contributed by atoms with Crippen LogP contribution in [-0.4, -0.2) is 45.0 Å². The number of hydrogen-bond acceptors (Lipinski definition) is 5. The topological polar surface area (TPSA) is 88.7 Å². The Bertz CT molecular complexity index is 1140. The zero-order chi connectivity index (χ0) is 25.3. The van der Waals surface area contributed by atoms with E-state index in [-0.39, 0.29) is 17.9 Å². The number of anilines is 2. The molecule has 2 amide bonds. The van der Waals surface area contributed by atoms with Crippen molar-refractivity contribution in [2.75, 3.05) is 37.4 Å². The highest BCUT2D eigenvalue weighted by molar-refractivity contribution is 6.05. The summed E-state index contributed by atoms with van der Waals surface area (Å²) in [5.41, 5.74) is 2.22. The van der Waals surface area contributed by atoms with Crippen LogP contribution >= 0.6 is 0 Å². The molecular weight excluding hydrogens is 463 g/mol. The molecule has 10 heteroatoms. The van der Waals surface area contributed by atoms with E-state index >= 15 is 0 Å². The minimum Gasteiger partial charge on any atom is -0.404 e. The minimum absolute atomic E-state index is 0.154. The van der Waals surface area contributed by atoms with Gasteiger partial charge in [-0.05, 0) is 41.5 Å². The van der Waals surface area contributed by atoms with Crippen molar-refractivity contribution >= 4 is 23.2 Å². The van der Waals surface area contributed by atoms with Crippen LogP contribution in [0.3, 0.4) is 0 Å². The van der Waals surface area contributed by atoms with Gasteiger partial charge in [-0.25, -0.2) is 0 Å². The predicted octanol–water partition coefficient (Wildman–Crippen LogP) is 4.68. The molecule has 0 fully saturated rings. The van der Waals surface area contributed by atoms with Gasteiger partial charge in [0.05, 0.1) is 18.8 Å². The van der Waals surface area contributed by atoms with Crippen molar-refractivity contribution in [2.45, 2.75) is 6.36 Å². The standard InChI is InChI=1S/C25H24F3N3O4/c1-34-14-13-29-16-23(32)31-21-15-20(11-12-22(21)35-25(26,27)28)30-24(33)19-9-7-18(8-10-19)17-5-3-2-4-6-17/h2-12,15,29H,13-14,16H2,1H3,(H,30,33)(H,31,32). The second kappa shape index (κ2) is 12.0. The molecule has 0 atom stereocenters. The third kappa shape index (κ3) is 8.13. The molecule has 0 saturated heterocycles. The number of benzene rings is 3. The van der Waals surface area contributed by atoms with Gasteiger partial charge in [-0.1, -0.05) is 42.5 Å². The summed E-state index contributed by atoms with van der Waals surface area (Å²) in [5.74, 6) is -1.66. The number of halogens is 3. The maximum absolute atomic E-state index is 12.8. The normalized spacial score (nSPS) is 11.1. The lowest BCUT2D eigenvalue weighted by molar-refractivity contribution is -0.274. The summed E-state index contributed by atoms with van der Waals surface area (Å²) in [4.78, 5) is 24.8. The second-order valence-electron chi connectivity index (χ2n) is 7.37. The number of hydrogen-bond donors (Lipinski definition) is 3. The summed E-state index contributed by atoms with van der Waals surface area (Å²) in [6, 6.07) is 20.0. The highest BCUT2D eigenvalue weighted by atomic mass is 19.4. The number of nitrogens with one attached hydrogen (secondary N) is 3. The Labute approximate surface area is 200 Å². The number of carbonyl (C=O) groups excluding carboxylic acids is 2. The molecule has 0 unspecified atom stereocenters. The van der Waals surface area contributed by atoms with Crippen LogP contribution in [0.4, 0.5) is 24.5 Å². The van der Waals surface area contributed by atoms with Crippen molar-refractivity contribution in [3.8, 4) is 16.9 Å². The minimum atomic E-state index is -4.96. The fourth-order valence-electron chi connectivity index (χ4n) is 3.14. The molecule has 7 nitrogen and oxygen atoms in total. The first-order valence-electron chi connectivity index (χ1n) is 10.6. The molecule has 0 aliphatic rings. The molecule has 0 aliphatic carbocycles. The molecule has 0 spiro atoms. The van der Waals surface area contributed by atoms with Gasteiger partial charge in [0.25, 0.3) is 5.91 Å². The van der Waals surface area contributed by atoms with Gasteiger partial charge in [-0.2, -0.15) is 0 Å². The molecule has 3 rings (SSSR count). The highest BCUT2D eigenvalue weighted by Gasteiger charge is 2.32. The van der Waals surface area contributed by atoms with E-state index in [1.807, 2.05) is 30.3 Å². The lowest BCUT2D eigenvalue weighted by Crippen LogP contribution is -2.30. The zero-order valence-electron chi connectivity index (χ0n) is 18.8. The molecule has 0 bridgehead atoms. The van der Waals surface area contributed by atoms with E-state index in [0.717, 1.165) is 17.2 Å². The largest absolute Gasteiger partial charge is 0.573 e. The first-order chi connectivity index (χ1) is 16.7. The molecule has 0 aliphatic heterocycles. The van der Waals surface area contributed by atoms with Crippen LogP contribution < -0.4 is 20.7 Å². The lowest BCUT2D eigenvalue weighted by atomic mass is 10.0. The molecule has 3 aromatic carbocycles. The number of carbonyl (C=O) groups is 2. The zero-order valence-corrected chi connectivity index (χ0v) is 18.8. The quantitative estimate of drug-likeness (QED) is 0.362. The van der Waals surface area contributed by atoms with Crippen molar-refractivity contribution in [2.24, 2.45) is 0 Å². The van der Waals surface area contributed by atoms with Gasteiger partial charge in [0, 0.05) is 24.9 Å². The Kier molecular flexibility index (Phi) is 8.82. The van der Waals surface area contributed by atoms with Crippen LogP contribution in [-0.2, 0) is 9.53 Å². The van der Waals surface area contributed by atoms with E-state index < -0.39 is 23.9 Å². The first kappa shape index (κ1) is 25.7. The summed E-state index contributed by atoms with van der Waals surface area (Å²) in [7, 11) is 1.50. The van der Waals surface area contributed by atoms with Gasteiger partial charge in [-0.15, -0.1) is 13.2 Å². The van der Waals surface area contributed by atoms with Crippen LogP contribution in [0.1, 0.15) is 10.4 Å². The second-order valence-corrected chi connectivity index (χ2v) is 7.37. The van der Waals surface area contributed by atoms with Crippen molar-refractivity contribution in [3.05, 3.63) is 78.4 Å². The summed E-state index contributed by atoms with van der Waals surface area (Å²) < 4.78 is 47.3. The number of rotatable bonds is 10. The van der Waals surface area contributed by atoms with Crippen LogP contribution in [0.5, 0.6) is 5.75 Å². The molecule has 0 saturated carbocycles. The van der Waals surface area contributed by atoms with Crippen molar-refractivity contribution in [1.29, 1.82) is 0 Å². The van der Waals surface area contributed by atoms with Gasteiger partial charge in [0.1, 0.15) is 0 Å². The highest BCUT2D eigenvalue weighted by Crippen LogP contribution is 2.33. The van der Waals surface area contributed by atoms with Crippen LogP contribution in [0, 0.1) is 0 Å². The van der Waals surface area contributed by atoms with E-state index in [4.69, 9.17) is 4.74 Å². The number of alkyl halides is 3. The third-order valence-electron chi connectivity index (χ3n) is 4.76. The fraction of sp³-hybridized carbons (Fsp3) is 0.200. The Morgan fingerprint density at radius 3 is 2.23 bits per heavy atom. The maximum Gasteiger partial charge on any atom is 0.573 e. The van der Waals surface area contributed by atoms with Gasteiger partial charge >= 0.3 is 6.36 Å². The molecule has 184 valence electrons. The summed E-state index contributed by atoms with van der Waals surface area (Å²) in [6.07, 6.45) is -4.96. The van der Waals surface area contributed by atoms with Gasteiger partial charge in [0.2, 0.25) is 5.91 Å². The number of methoxy groups -OCH3 is 1. The summed E-state index contributed by atoms with van der Waals surface area (Å²) in [5, 5.41) is 7.78. The molecule has 35 heavy (non-hydrogen) atoms. The SMILES string of the molecule is COCCNCC(=O)Nc1cc(NC(=O)c2ccc(-c3ccccc3)cc2)ccc1OC(F)(F)F. The van der Waals surface area contributed by atoms with E-state index in [0.29, 0.717) is 18.7 Å².